The van der Waals surface area contributed by atoms with E-state index in [1.165, 1.54) is 6.07 Å². The summed E-state index contributed by atoms with van der Waals surface area (Å²) in [5, 5.41) is 10.5. The van der Waals surface area contributed by atoms with E-state index in [2.05, 4.69) is 15.9 Å². The highest BCUT2D eigenvalue weighted by atomic mass is 79.9. The summed E-state index contributed by atoms with van der Waals surface area (Å²) in [6.07, 6.45) is 0. The Kier molecular flexibility index (Phi) is 3.46. The molecule has 0 atom stereocenters. The molecule has 0 aromatic heterocycles. The van der Waals surface area contributed by atoms with Gasteiger partial charge in [-0.25, -0.2) is 0 Å². The van der Waals surface area contributed by atoms with Crippen LogP contribution in [0.15, 0.2) is 22.7 Å². The van der Waals surface area contributed by atoms with E-state index in [1.54, 1.807) is 12.1 Å². The van der Waals surface area contributed by atoms with Crippen LogP contribution in [0.25, 0.3) is 0 Å². The van der Waals surface area contributed by atoms with Gasteiger partial charge in [-0.05, 0) is 28.9 Å². The molecule has 0 saturated heterocycles. The molecule has 5 heteroatoms. The number of nitrogens with zero attached hydrogens (tertiary/aromatic N) is 2. The summed E-state index contributed by atoms with van der Waals surface area (Å²) in [6.45, 7) is 2.80. The van der Waals surface area contributed by atoms with E-state index in [9.17, 15) is 10.1 Å². The topological polar surface area (TPSA) is 46.4 Å². The minimum Gasteiger partial charge on any atom is -0.374 e. The van der Waals surface area contributed by atoms with Crippen LogP contribution in [0.2, 0.25) is 0 Å². The quantitative estimate of drug-likeness (QED) is 0.619. The molecule has 0 aliphatic rings. The Labute approximate surface area is 90.8 Å². The molecule has 0 saturated carbocycles. The van der Waals surface area contributed by atoms with Crippen molar-refractivity contribution in [1.29, 1.82) is 0 Å². The lowest BCUT2D eigenvalue weighted by molar-refractivity contribution is -0.384. The summed E-state index contributed by atoms with van der Waals surface area (Å²) in [6, 6.07) is 4.74. The molecule has 0 amide bonds. The van der Waals surface area contributed by atoms with Crippen LogP contribution in [-0.4, -0.2) is 18.5 Å². The van der Waals surface area contributed by atoms with Crippen LogP contribution in [0, 0.1) is 10.1 Å². The average molecular weight is 259 g/mol. The van der Waals surface area contributed by atoms with Gasteiger partial charge in [-0.15, -0.1) is 0 Å². The molecule has 0 N–H and O–H groups in total. The number of hydrogen-bond donors (Lipinski definition) is 0. The number of nitro benzene ring substituents is 1. The number of non-ortho nitro benzene ring substituents is 1. The van der Waals surface area contributed by atoms with Gasteiger partial charge in [0.2, 0.25) is 0 Å². The number of hydrogen-bond acceptors (Lipinski definition) is 3. The van der Waals surface area contributed by atoms with E-state index >= 15 is 0 Å². The second-order valence-electron chi connectivity index (χ2n) is 2.91. The van der Waals surface area contributed by atoms with Crippen molar-refractivity contribution in [2.75, 3.05) is 18.5 Å². The Bertz CT molecular complexity index is 355. The molecule has 1 aromatic carbocycles. The molecular formula is C9H11BrN2O2. The van der Waals surface area contributed by atoms with E-state index in [4.69, 9.17) is 0 Å². The highest BCUT2D eigenvalue weighted by molar-refractivity contribution is 9.10. The van der Waals surface area contributed by atoms with Crippen molar-refractivity contribution in [3.63, 3.8) is 0 Å². The SMILES string of the molecule is CCN(C)c1cc([N+](=O)[O-])ccc1Br. The van der Waals surface area contributed by atoms with Crippen molar-refractivity contribution >= 4 is 27.3 Å². The highest BCUT2D eigenvalue weighted by Gasteiger charge is 2.11. The molecule has 0 aliphatic carbocycles. The Balaban J connectivity index is 3.14. The molecule has 1 rings (SSSR count). The zero-order valence-corrected chi connectivity index (χ0v) is 9.61. The number of rotatable bonds is 3. The molecule has 0 radical (unpaired) electrons. The minimum absolute atomic E-state index is 0.114. The average Bonchev–Trinajstić information content (AvgIpc) is 2.17. The van der Waals surface area contributed by atoms with Gasteiger partial charge < -0.3 is 4.90 Å². The van der Waals surface area contributed by atoms with Crippen LogP contribution in [0.1, 0.15) is 6.92 Å². The summed E-state index contributed by atoms with van der Waals surface area (Å²) in [7, 11) is 1.89. The van der Waals surface area contributed by atoms with E-state index < -0.39 is 0 Å². The zero-order chi connectivity index (χ0) is 10.7. The molecule has 0 aliphatic heterocycles. The number of halogens is 1. The molecule has 0 unspecified atom stereocenters. The summed E-state index contributed by atoms with van der Waals surface area (Å²) < 4.78 is 0.868. The third kappa shape index (κ3) is 2.23. The summed E-state index contributed by atoms with van der Waals surface area (Å²) >= 11 is 3.36. The van der Waals surface area contributed by atoms with Crippen LogP contribution in [0.3, 0.4) is 0 Å². The Morgan fingerprint density at radius 1 is 1.57 bits per heavy atom. The van der Waals surface area contributed by atoms with Crippen LogP contribution in [0.5, 0.6) is 0 Å². The van der Waals surface area contributed by atoms with Gasteiger partial charge in [0.1, 0.15) is 0 Å². The maximum atomic E-state index is 10.5. The molecular weight excluding hydrogens is 248 g/mol. The third-order valence-electron chi connectivity index (χ3n) is 2.03. The van der Waals surface area contributed by atoms with E-state index in [1.807, 2.05) is 18.9 Å². The van der Waals surface area contributed by atoms with Crippen LogP contribution in [0.4, 0.5) is 11.4 Å². The Morgan fingerprint density at radius 2 is 2.21 bits per heavy atom. The van der Waals surface area contributed by atoms with Crippen molar-refractivity contribution in [1.82, 2.24) is 0 Å². The maximum Gasteiger partial charge on any atom is 0.271 e. The second kappa shape index (κ2) is 4.41. The smallest absolute Gasteiger partial charge is 0.271 e. The largest absolute Gasteiger partial charge is 0.374 e. The van der Waals surface area contributed by atoms with Crippen molar-refractivity contribution in [3.05, 3.63) is 32.8 Å². The molecule has 0 spiro atoms. The lowest BCUT2D eigenvalue weighted by Gasteiger charge is -2.17. The fourth-order valence-electron chi connectivity index (χ4n) is 1.08. The first-order valence-electron chi connectivity index (χ1n) is 4.21. The number of benzene rings is 1. The molecule has 0 heterocycles. The lowest BCUT2D eigenvalue weighted by Crippen LogP contribution is -2.16. The van der Waals surface area contributed by atoms with Crippen LogP contribution < -0.4 is 4.90 Å². The van der Waals surface area contributed by atoms with Gasteiger partial charge in [0, 0.05) is 30.2 Å². The van der Waals surface area contributed by atoms with E-state index in [-0.39, 0.29) is 10.6 Å². The first kappa shape index (κ1) is 11.0. The molecule has 0 fully saturated rings. The summed E-state index contributed by atoms with van der Waals surface area (Å²) in [5.74, 6) is 0. The summed E-state index contributed by atoms with van der Waals surface area (Å²) in [4.78, 5) is 12.1. The Morgan fingerprint density at radius 3 is 2.71 bits per heavy atom. The van der Waals surface area contributed by atoms with Crippen molar-refractivity contribution in [2.24, 2.45) is 0 Å². The number of anilines is 1. The molecule has 0 bridgehead atoms. The van der Waals surface area contributed by atoms with Gasteiger partial charge in [-0.2, -0.15) is 0 Å². The maximum absolute atomic E-state index is 10.5. The van der Waals surface area contributed by atoms with Crippen molar-refractivity contribution in [3.8, 4) is 0 Å². The zero-order valence-electron chi connectivity index (χ0n) is 8.03. The highest BCUT2D eigenvalue weighted by Crippen LogP contribution is 2.29. The van der Waals surface area contributed by atoms with Crippen LogP contribution >= 0.6 is 15.9 Å². The fraction of sp³-hybridized carbons (Fsp3) is 0.333. The first-order chi connectivity index (χ1) is 6.56. The fourth-order valence-corrected chi connectivity index (χ4v) is 1.63. The van der Waals surface area contributed by atoms with Gasteiger partial charge in [0.05, 0.1) is 10.6 Å². The molecule has 1 aromatic rings. The van der Waals surface area contributed by atoms with Gasteiger partial charge in [-0.3, -0.25) is 10.1 Å². The summed E-state index contributed by atoms with van der Waals surface area (Å²) in [5.41, 5.74) is 0.949. The van der Waals surface area contributed by atoms with E-state index in [0.717, 1.165) is 16.7 Å². The van der Waals surface area contributed by atoms with Gasteiger partial charge in [0.15, 0.2) is 0 Å². The van der Waals surface area contributed by atoms with Crippen molar-refractivity contribution < 1.29 is 4.92 Å². The van der Waals surface area contributed by atoms with Gasteiger partial charge in [-0.1, -0.05) is 0 Å². The number of nitro groups is 1. The predicted octanol–water partition coefficient (Wildman–Crippen LogP) is 2.81. The van der Waals surface area contributed by atoms with Crippen molar-refractivity contribution in [2.45, 2.75) is 6.92 Å². The lowest BCUT2D eigenvalue weighted by atomic mass is 10.2. The monoisotopic (exact) mass is 258 g/mol. The molecule has 14 heavy (non-hydrogen) atoms. The first-order valence-corrected chi connectivity index (χ1v) is 5.00. The van der Waals surface area contributed by atoms with E-state index in [0.29, 0.717) is 0 Å². The minimum atomic E-state index is -0.389. The predicted molar refractivity (Wildman–Crippen MR) is 59.7 cm³/mol. The van der Waals surface area contributed by atoms with Gasteiger partial charge in [0.25, 0.3) is 5.69 Å². The molecule has 76 valence electrons. The standard InChI is InChI=1S/C9H11BrN2O2/c1-3-11(2)9-6-7(12(13)14)4-5-8(9)10/h4-6H,3H2,1-2H3. The normalized spacial score (nSPS) is 9.93. The third-order valence-corrected chi connectivity index (χ3v) is 2.70. The Hall–Kier alpha value is -1.10. The molecule has 4 nitrogen and oxygen atoms in total. The van der Waals surface area contributed by atoms with Crippen LogP contribution in [-0.2, 0) is 0 Å². The van der Waals surface area contributed by atoms with Gasteiger partial charge >= 0.3 is 0 Å². The second-order valence-corrected chi connectivity index (χ2v) is 3.76.